The number of nitrogens with one attached hydrogen (secondary N) is 2. The van der Waals surface area contributed by atoms with Crippen molar-refractivity contribution in [3.8, 4) is 5.75 Å². The quantitative estimate of drug-likeness (QED) is 0.880. The molecule has 0 unspecified atom stereocenters. The first-order valence-corrected chi connectivity index (χ1v) is 7.78. The molecule has 0 saturated heterocycles. The Labute approximate surface area is 125 Å². The van der Waals surface area contributed by atoms with E-state index in [1.807, 2.05) is 23.1 Å². The SMILES string of the molecule is COc1ccc2c(c1)NCCN2C(=O)NC1CCCCC1. The lowest BCUT2D eigenvalue weighted by Crippen LogP contribution is -2.48. The van der Waals surface area contributed by atoms with Gasteiger partial charge < -0.3 is 15.4 Å². The molecule has 0 spiro atoms. The van der Waals surface area contributed by atoms with E-state index in [1.165, 1.54) is 19.3 Å². The Hall–Kier alpha value is -1.91. The first-order valence-electron chi connectivity index (χ1n) is 7.78. The molecule has 0 radical (unpaired) electrons. The third-order valence-corrected chi connectivity index (χ3v) is 4.32. The highest BCUT2D eigenvalue weighted by atomic mass is 16.5. The molecule has 1 saturated carbocycles. The molecule has 0 atom stereocenters. The number of urea groups is 1. The highest BCUT2D eigenvalue weighted by Gasteiger charge is 2.25. The van der Waals surface area contributed by atoms with Crippen LogP contribution in [0.3, 0.4) is 0 Å². The number of anilines is 2. The van der Waals surface area contributed by atoms with Crippen molar-refractivity contribution in [2.24, 2.45) is 0 Å². The smallest absolute Gasteiger partial charge is 0.322 e. The molecule has 2 aliphatic rings. The normalized spacial score (nSPS) is 18.6. The van der Waals surface area contributed by atoms with E-state index in [0.717, 1.165) is 36.5 Å². The molecule has 5 nitrogen and oxygen atoms in total. The minimum Gasteiger partial charge on any atom is -0.497 e. The summed E-state index contributed by atoms with van der Waals surface area (Å²) in [5.41, 5.74) is 1.88. The van der Waals surface area contributed by atoms with E-state index in [0.29, 0.717) is 12.6 Å². The Morgan fingerprint density at radius 2 is 2.14 bits per heavy atom. The second-order valence-electron chi connectivity index (χ2n) is 5.75. The zero-order valence-electron chi connectivity index (χ0n) is 12.5. The van der Waals surface area contributed by atoms with Crippen LogP contribution in [0.5, 0.6) is 5.75 Å². The summed E-state index contributed by atoms with van der Waals surface area (Å²) in [6.45, 7) is 1.45. The fraction of sp³-hybridized carbons (Fsp3) is 0.562. The minimum atomic E-state index is 0.0230. The lowest BCUT2D eigenvalue weighted by molar-refractivity contribution is 0.238. The van der Waals surface area contributed by atoms with Crippen LogP contribution in [0.1, 0.15) is 32.1 Å². The van der Waals surface area contributed by atoms with Gasteiger partial charge in [-0.1, -0.05) is 19.3 Å². The molecule has 21 heavy (non-hydrogen) atoms. The first kappa shape index (κ1) is 14.0. The molecule has 1 aromatic carbocycles. The summed E-state index contributed by atoms with van der Waals surface area (Å²) in [6, 6.07) is 6.14. The summed E-state index contributed by atoms with van der Waals surface area (Å²) in [6.07, 6.45) is 5.95. The fourth-order valence-electron chi connectivity index (χ4n) is 3.15. The number of carbonyl (C=O) groups is 1. The number of rotatable bonds is 2. The molecule has 0 bridgehead atoms. The highest BCUT2D eigenvalue weighted by molar-refractivity contribution is 5.97. The number of benzene rings is 1. The zero-order valence-corrected chi connectivity index (χ0v) is 12.5. The van der Waals surface area contributed by atoms with Crippen LogP contribution in [0.2, 0.25) is 0 Å². The van der Waals surface area contributed by atoms with Crippen LogP contribution in [0, 0.1) is 0 Å². The highest BCUT2D eigenvalue weighted by Crippen LogP contribution is 2.32. The van der Waals surface area contributed by atoms with E-state index in [1.54, 1.807) is 7.11 Å². The average molecular weight is 289 g/mol. The summed E-state index contributed by atoms with van der Waals surface area (Å²) >= 11 is 0. The van der Waals surface area contributed by atoms with Gasteiger partial charge in [-0.15, -0.1) is 0 Å². The molecule has 1 aliphatic carbocycles. The van der Waals surface area contributed by atoms with Crippen molar-refractivity contribution in [2.45, 2.75) is 38.1 Å². The number of hydrogen-bond donors (Lipinski definition) is 2. The van der Waals surface area contributed by atoms with E-state index in [4.69, 9.17) is 4.74 Å². The number of carbonyl (C=O) groups excluding carboxylic acids is 1. The van der Waals surface area contributed by atoms with Crippen LogP contribution in [0.15, 0.2) is 18.2 Å². The number of fused-ring (bicyclic) bond motifs is 1. The van der Waals surface area contributed by atoms with Crippen LogP contribution in [0.4, 0.5) is 16.2 Å². The lowest BCUT2D eigenvalue weighted by Gasteiger charge is -2.33. The molecule has 1 heterocycles. The number of amides is 2. The standard InChI is InChI=1S/C16H23N3O2/c1-21-13-7-8-15-14(11-13)17-9-10-19(15)16(20)18-12-5-3-2-4-6-12/h7-8,11-12,17H,2-6,9-10H2,1H3,(H,18,20). The Morgan fingerprint density at radius 3 is 2.90 bits per heavy atom. The Balaban J connectivity index is 1.73. The number of hydrogen-bond acceptors (Lipinski definition) is 3. The minimum absolute atomic E-state index is 0.0230. The maximum Gasteiger partial charge on any atom is 0.322 e. The van der Waals surface area contributed by atoms with Crippen molar-refractivity contribution in [1.82, 2.24) is 5.32 Å². The Kier molecular flexibility index (Phi) is 4.18. The second kappa shape index (κ2) is 6.24. The molecular weight excluding hydrogens is 266 g/mol. The molecule has 2 amide bonds. The van der Waals surface area contributed by atoms with Crippen molar-refractivity contribution in [2.75, 3.05) is 30.4 Å². The maximum atomic E-state index is 12.5. The van der Waals surface area contributed by atoms with Gasteiger partial charge in [0.2, 0.25) is 0 Å². The van der Waals surface area contributed by atoms with Crippen molar-refractivity contribution in [3.05, 3.63) is 18.2 Å². The molecule has 5 heteroatoms. The predicted molar refractivity (Wildman–Crippen MR) is 84.2 cm³/mol. The van der Waals surface area contributed by atoms with Gasteiger partial charge in [-0.25, -0.2) is 4.79 Å². The van der Waals surface area contributed by atoms with Crippen molar-refractivity contribution >= 4 is 17.4 Å². The molecule has 1 aromatic rings. The topological polar surface area (TPSA) is 53.6 Å². The van der Waals surface area contributed by atoms with Gasteiger partial charge in [0.1, 0.15) is 5.75 Å². The summed E-state index contributed by atoms with van der Waals surface area (Å²) in [5.74, 6) is 0.802. The van der Waals surface area contributed by atoms with Gasteiger partial charge in [0.25, 0.3) is 0 Å². The van der Waals surface area contributed by atoms with Gasteiger partial charge >= 0.3 is 6.03 Å². The number of nitrogens with zero attached hydrogens (tertiary/aromatic N) is 1. The van der Waals surface area contributed by atoms with Crippen LogP contribution in [0.25, 0.3) is 0 Å². The molecule has 1 fully saturated rings. The molecular formula is C16H23N3O2. The first-order chi connectivity index (χ1) is 10.3. The van der Waals surface area contributed by atoms with E-state index >= 15 is 0 Å². The van der Waals surface area contributed by atoms with Crippen LogP contribution in [-0.2, 0) is 0 Å². The number of ether oxygens (including phenoxy) is 1. The summed E-state index contributed by atoms with van der Waals surface area (Å²) in [7, 11) is 1.65. The van der Waals surface area contributed by atoms with E-state index < -0.39 is 0 Å². The van der Waals surface area contributed by atoms with Crippen molar-refractivity contribution in [3.63, 3.8) is 0 Å². The maximum absolute atomic E-state index is 12.5. The Bertz CT molecular complexity index is 512. The van der Waals surface area contributed by atoms with Crippen LogP contribution < -0.4 is 20.3 Å². The number of methoxy groups -OCH3 is 1. The third-order valence-electron chi connectivity index (χ3n) is 4.32. The van der Waals surface area contributed by atoms with E-state index in [9.17, 15) is 4.79 Å². The van der Waals surface area contributed by atoms with Gasteiger partial charge in [0.15, 0.2) is 0 Å². The van der Waals surface area contributed by atoms with Gasteiger partial charge in [-0.2, -0.15) is 0 Å². The van der Waals surface area contributed by atoms with Crippen molar-refractivity contribution < 1.29 is 9.53 Å². The van der Waals surface area contributed by atoms with Crippen molar-refractivity contribution in [1.29, 1.82) is 0 Å². The predicted octanol–water partition coefficient (Wildman–Crippen LogP) is 2.97. The van der Waals surface area contributed by atoms with Gasteiger partial charge in [0.05, 0.1) is 18.5 Å². The largest absolute Gasteiger partial charge is 0.497 e. The monoisotopic (exact) mass is 289 g/mol. The molecule has 1 aliphatic heterocycles. The van der Waals surface area contributed by atoms with Gasteiger partial charge in [0, 0.05) is 25.2 Å². The summed E-state index contributed by atoms with van der Waals surface area (Å²) < 4.78 is 5.24. The molecule has 3 rings (SSSR count). The zero-order chi connectivity index (χ0) is 14.7. The lowest BCUT2D eigenvalue weighted by atomic mass is 9.96. The summed E-state index contributed by atoms with van der Waals surface area (Å²) in [5, 5.41) is 6.51. The fourth-order valence-corrected chi connectivity index (χ4v) is 3.15. The molecule has 114 valence electrons. The average Bonchev–Trinajstić information content (AvgIpc) is 2.54. The molecule has 2 N–H and O–H groups in total. The van der Waals surface area contributed by atoms with Gasteiger partial charge in [-0.05, 0) is 25.0 Å². The van der Waals surface area contributed by atoms with Crippen LogP contribution >= 0.6 is 0 Å². The molecule has 0 aromatic heterocycles. The van der Waals surface area contributed by atoms with E-state index in [2.05, 4.69) is 10.6 Å². The third kappa shape index (κ3) is 3.06. The van der Waals surface area contributed by atoms with Crippen LogP contribution in [-0.4, -0.2) is 32.3 Å². The van der Waals surface area contributed by atoms with E-state index in [-0.39, 0.29) is 6.03 Å². The second-order valence-corrected chi connectivity index (χ2v) is 5.75. The Morgan fingerprint density at radius 1 is 1.33 bits per heavy atom. The van der Waals surface area contributed by atoms with Gasteiger partial charge in [-0.3, -0.25) is 4.90 Å². The summed E-state index contributed by atoms with van der Waals surface area (Å²) in [4.78, 5) is 14.4.